The molecule has 6 heteroatoms. The van der Waals surface area contributed by atoms with Crippen LogP contribution in [0.4, 0.5) is 4.79 Å². The van der Waals surface area contributed by atoms with Gasteiger partial charge in [-0.3, -0.25) is 4.79 Å². The van der Waals surface area contributed by atoms with Gasteiger partial charge >= 0.3 is 6.09 Å². The normalized spacial score (nSPS) is 16.1. The molecule has 0 unspecified atom stereocenters. The maximum Gasteiger partial charge on any atom is 0.407 e. The van der Waals surface area contributed by atoms with E-state index in [0.717, 1.165) is 4.90 Å². The fourth-order valence-electron chi connectivity index (χ4n) is 1.53. The monoisotopic (exact) mass is 241 g/mol. The SMILES string of the molecule is CN(CC1=NN(CC(C)(C)C)C(=O)C1)C(=O)O. The summed E-state index contributed by atoms with van der Waals surface area (Å²) in [6.45, 7) is 6.80. The van der Waals surface area contributed by atoms with E-state index in [4.69, 9.17) is 5.11 Å². The predicted octanol–water partition coefficient (Wildman–Crippen LogP) is 1.23. The Bertz CT molecular complexity index is 357. The Kier molecular flexibility index (Phi) is 3.75. The van der Waals surface area contributed by atoms with Crippen molar-refractivity contribution in [1.82, 2.24) is 9.91 Å². The number of amides is 2. The van der Waals surface area contributed by atoms with Crippen molar-refractivity contribution >= 4 is 17.7 Å². The van der Waals surface area contributed by atoms with Crippen molar-refractivity contribution in [2.24, 2.45) is 10.5 Å². The molecule has 0 saturated carbocycles. The second-order valence-electron chi connectivity index (χ2n) is 5.49. The third kappa shape index (κ3) is 4.05. The summed E-state index contributed by atoms with van der Waals surface area (Å²) in [5.41, 5.74) is 0.581. The van der Waals surface area contributed by atoms with Gasteiger partial charge in [0.15, 0.2) is 0 Å². The molecule has 0 spiro atoms. The Hall–Kier alpha value is -1.59. The van der Waals surface area contributed by atoms with Gasteiger partial charge in [-0.15, -0.1) is 0 Å². The molecule has 17 heavy (non-hydrogen) atoms. The average Bonchev–Trinajstić information content (AvgIpc) is 2.43. The molecule has 0 bridgehead atoms. The Morgan fingerprint density at radius 2 is 2.12 bits per heavy atom. The van der Waals surface area contributed by atoms with Crippen molar-refractivity contribution < 1.29 is 14.7 Å². The van der Waals surface area contributed by atoms with E-state index in [1.54, 1.807) is 0 Å². The summed E-state index contributed by atoms with van der Waals surface area (Å²) in [6.07, 6.45) is -0.803. The summed E-state index contributed by atoms with van der Waals surface area (Å²) < 4.78 is 0. The topological polar surface area (TPSA) is 73.2 Å². The molecule has 0 atom stereocenters. The van der Waals surface area contributed by atoms with Gasteiger partial charge in [0, 0.05) is 13.6 Å². The van der Waals surface area contributed by atoms with E-state index in [2.05, 4.69) is 5.10 Å². The van der Waals surface area contributed by atoms with Crippen molar-refractivity contribution in [3.05, 3.63) is 0 Å². The fraction of sp³-hybridized carbons (Fsp3) is 0.727. The standard InChI is InChI=1S/C11H19N3O3/c1-11(2,3)7-14-9(15)5-8(12-14)6-13(4)10(16)17/h5-7H2,1-4H3,(H,16,17). The number of hydrazone groups is 1. The number of nitrogens with zero attached hydrogens (tertiary/aromatic N) is 3. The summed E-state index contributed by atoms with van der Waals surface area (Å²) in [7, 11) is 1.46. The molecule has 0 saturated heterocycles. The molecule has 96 valence electrons. The van der Waals surface area contributed by atoms with Gasteiger partial charge < -0.3 is 10.0 Å². The van der Waals surface area contributed by atoms with E-state index in [-0.39, 0.29) is 24.3 Å². The van der Waals surface area contributed by atoms with Gasteiger partial charge in [-0.25, -0.2) is 9.80 Å². The van der Waals surface area contributed by atoms with Crippen LogP contribution in [0.2, 0.25) is 0 Å². The molecule has 1 aliphatic rings. The molecule has 1 N–H and O–H groups in total. The molecule has 2 amide bonds. The minimum atomic E-state index is -1.02. The molecule has 0 fully saturated rings. The largest absolute Gasteiger partial charge is 0.465 e. The van der Waals surface area contributed by atoms with Crippen LogP contribution in [0.5, 0.6) is 0 Å². The summed E-state index contributed by atoms with van der Waals surface area (Å²) in [4.78, 5) is 23.4. The fourth-order valence-corrected chi connectivity index (χ4v) is 1.53. The van der Waals surface area contributed by atoms with Crippen LogP contribution in [0.3, 0.4) is 0 Å². The quantitative estimate of drug-likeness (QED) is 0.807. The molecule has 1 heterocycles. The number of carboxylic acid groups (broad SMARTS) is 1. The number of rotatable bonds is 3. The maximum absolute atomic E-state index is 11.7. The second-order valence-corrected chi connectivity index (χ2v) is 5.49. The third-order valence-corrected chi connectivity index (χ3v) is 2.28. The molecular weight excluding hydrogens is 222 g/mol. The number of carbonyl (C=O) groups excluding carboxylic acids is 1. The van der Waals surface area contributed by atoms with Crippen LogP contribution in [0, 0.1) is 5.41 Å². The molecule has 0 aromatic rings. The van der Waals surface area contributed by atoms with Crippen molar-refractivity contribution in [3.8, 4) is 0 Å². The van der Waals surface area contributed by atoms with Crippen LogP contribution in [0.15, 0.2) is 5.10 Å². The van der Waals surface area contributed by atoms with E-state index < -0.39 is 6.09 Å². The second kappa shape index (κ2) is 4.73. The van der Waals surface area contributed by atoms with Gasteiger partial charge in [0.25, 0.3) is 0 Å². The lowest BCUT2D eigenvalue weighted by Gasteiger charge is -2.23. The Morgan fingerprint density at radius 3 is 2.59 bits per heavy atom. The summed E-state index contributed by atoms with van der Waals surface area (Å²) in [5, 5.41) is 14.3. The van der Waals surface area contributed by atoms with Gasteiger partial charge in [0.05, 0.1) is 18.7 Å². The highest BCUT2D eigenvalue weighted by molar-refractivity contribution is 6.06. The molecule has 6 nitrogen and oxygen atoms in total. The smallest absolute Gasteiger partial charge is 0.407 e. The van der Waals surface area contributed by atoms with E-state index >= 15 is 0 Å². The average molecular weight is 241 g/mol. The number of hydrogen-bond acceptors (Lipinski definition) is 3. The highest BCUT2D eigenvalue weighted by Crippen LogP contribution is 2.19. The van der Waals surface area contributed by atoms with Crippen molar-refractivity contribution in [3.63, 3.8) is 0 Å². The molecule has 0 aliphatic carbocycles. The van der Waals surface area contributed by atoms with Crippen LogP contribution in [0.1, 0.15) is 27.2 Å². The predicted molar refractivity (Wildman–Crippen MR) is 63.9 cm³/mol. The van der Waals surface area contributed by atoms with Gasteiger partial charge in [-0.2, -0.15) is 5.10 Å². The number of carbonyl (C=O) groups is 2. The zero-order chi connectivity index (χ0) is 13.2. The first-order chi connectivity index (χ1) is 7.69. The first-order valence-electron chi connectivity index (χ1n) is 5.50. The Balaban J connectivity index is 2.63. The van der Waals surface area contributed by atoms with Crippen LogP contribution < -0.4 is 0 Å². The highest BCUT2D eigenvalue weighted by Gasteiger charge is 2.28. The van der Waals surface area contributed by atoms with Crippen LogP contribution >= 0.6 is 0 Å². The summed E-state index contributed by atoms with van der Waals surface area (Å²) in [5.74, 6) is -0.0614. The first kappa shape index (κ1) is 13.5. The van der Waals surface area contributed by atoms with E-state index in [1.807, 2.05) is 20.8 Å². The number of hydrogen-bond donors (Lipinski definition) is 1. The van der Waals surface area contributed by atoms with E-state index in [9.17, 15) is 9.59 Å². The Labute approximate surface area is 101 Å². The van der Waals surface area contributed by atoms with Gasteiger partial charge in [0.1, 0.15) is 0 Å². The lowest BCUT2D eigenvalue weighted by molar-refractivity contribution is -0.129. The maximum atomic E-state index is 11.7. The lowest BCUT2D eigenvalue weighted by atomic mass is 9.97. The molecule has 1 rings (SSSR count). The Morgan fingerprint density at radius 1 is 1.53 bits per heavy atom. The van der Waals surface area contributed by atoms with E-state index in [1.165, 1.54) is 12.1 Å². The molecular formula is C11H19N3O3. The highest BCUT2D eigenvalue weighted by atomic mass is 16.4. The van der Waals surface area contributed by atoms with Gasteiger partial charge in [-0.1, -0.05) is 20.8 Å². The van der Waals surface area contributed by atoms with Gasteiger partial charge in [-0.05, 0) is 5.41 Å². The minimum Gasteiger partial charge on any atom is -0.465 e. The molecule has 0 aromatic carbocycles. The zero-order valence-electron chi connectivity index (χ0n) is 10.7. The van der Waals surface area contributed by atoms with Crippen LogP contribution in [0.25, 0.3) is 0 Å². The van der Waals surface area contributed by atoms with Crippen molar-refractivity contribution in [2.75, 3.05) is 20.1 Å². The van der Waals surface area contributed by atoms with Crippen molar-refractivity contribution in [1.29, 1.82) is 0 Å². The van der Waals surface area contributed by atoms with E-state index in [0.29, 0.717) is 12.3 Å². The third-order valence-electron chi connectivity index (χ3n) is 2.28. The van der Waals surface area contributed by atoms with Crippen molar-refractivity contribution in [2.45, 2.75) is 27.2 Å². The van der Waals surface area contributed by atoms with Gasteiger partial charge in [0.2, 0.25) is 5.91 Å². The summed E-state index contributed by atoms with van der Waals surface area (Å²) in [6, 6.07) is 0. The summed E-state index contributed by atoms with van der Waals surface area (Å²) >= 11 is 0. The van der Waals surface area contributed by atoms with Crippen LogP contribution in [-0.4, -0.2) is 52.9 Å². The molecule has 0 radical (unpaired) electrons. The van der Waals surface area contributed by atoms with Crippen LogP contribution in [-0.2, 0) is 4.79 Å². The minimum absolute atomic E-state index is 0.0205. The lowest BCUT2D eigenvalue weighted by Crippen LogP contribution is -2.30. The first-order valence-corrected chi connectivity index (χ1v) is 5.50. The molecule has 1 aliphatic heterocycles. The zero-order valence-corrected chi connectivity index (χ0v) is 10.7. The molecule has 0 aromatic heterocycles.